The summed E-state index contributed by atoms with van der Waals surface area (Å²) < 4.78 is 1.85. The molecule has 4 rings (SSSR count). The number of rotatable bonds is 5. The zero-order chi connectivity index (χ0) is 19.3. The average Bonchev–Trinajstić information content (AvgIpc) is 3.08. The number of carbonyl (C=O) groups is 1. The Morgan fingerprint density at radius 3 is 2.75 bits per heavy atom. The van der Waals surface area contributed by atoms with Gasteiger partial charge in [-0.2, -0.15) is 5.10 Å². The van der Waals surface area contributed by atoms with Gasteiger partial charge in [0, 0.05) is 31.5 Å². The number of aromatic nitrogens is 4. The Morgan fingerprint density at radius 2 is 1.96 bits per heavy atom. The third-order valence-corrected chi connectivity index (χ3v) is 4.96. The lowest BCUT2D eigenvalue weighted by Crippen LogP contribution is -2.41. The Morgan fingerprint density at radius 1 is 1.18 bits per heavy atom. The van der Waals surface area contributed by atoms with E-state index in [0.717, 1.165) is 36.5 Å². The molecule has 1 aliphatic heterocycles. The summed E-state index contributed by atoms with van der Waals surface area (Å²) in [6.07, 6.45) is 5.27. The molecule has 0 saturated carbocycles. The Kier molecular flexibility index (Phi) is 5.32. The molecule has 28 heavy (non-hydrogen) atoms. The molecule has 1 saturated heterocycles. The SMILES string of the molecule is Cc1cc(NC(=O)C2CCCN(c3ncccn3)C2)n(Cc2ccccc2)n1. The van der Waals surface area contributed by atoms with Gasteiger partial charge >= 0.3 is 0 Å². The number of hydrogen-bond acceptors (Lipinski definition) is 5. The van der Waals surface area contributed by atoms with Crippen molar-refractivity contribution in [2.24, 2.45) is 5.92 Å². The van der Waals surface area contributed by atoms with Crippen LogP contribution in [0.2, 0.25) is 0 Å². The van der Waals surface area contributed by atoms with E-state index in [1.165, 1.54) is 0 Å². The van der Waals surface area contributed by atoms with E-state index in [4.69, 9.17) is 0 Å². The number of hydrogen-bond donors (Lipinski definition) is 1. The number of benzene rings is 1. The minimum absolute atomic E-state index is 0.0230. The van der Waals surface area contributed by atoms with E-state index in [2.05, 4.69) is 37.4 Å². The smallest absolute Gasteiger partial charge is 0.230 e. The lowest BCUT2D eigenvalue weighted by molar-refractivity contribution is -0.120. The fourth-order valence-corrected chi connectivity index (χ4v) is 3.58. The monoisotopic (exact) mass is 376 g/mol. The van der Waals surface area contributed by atoms with Crippen LogP contribution < -0.4 is 10.2 Å². The van der Waals surface area contributed by atoms with Crippen LogP contribution in [0.4, 0.5) is 11.8 Å². The molecular formula is C21H24N6O. The van der Waals surface area contributed by atoms with Crippen molar-refractivity contribution in [1.29, 1.82) is 0 Å². The summed E-state index contributed by atoms with van der Waals surface area (Å²) in [5.74, 6) is 1.34. The molecule has 0 spiro atoms. The summed E-state index contributed by atoms with van der Waals surface area (Å²) in [6, 6.07) is 13.8. The van der Waals surface area contributed by atoms with Crippen molar-refractivity contribution in [3.63, 3.8) is 0 Å². The van der Waals surface area contributed by atoms with Gasteiger partial charge in [0.25, 0.3) is 0 Å². The van der Waals surface area contributed by atoms with Crippen molar-refractivity contribution in [2.75, 3.05) is 23.3 Å². The fraction of sp³-hybridized carbons (Fsp3) is 0.333. The average molecular weight is 376 g/mol. The van der Waals surface area contributed by atoms with Crippen LogP contribution in [0.1, 0.15) is 24.1 Å². The van der Waals surface area contributed by atoms with Crippen molar-refractivity contribution in [3.05, 3.63) is 66.1 Å². The first-order valence-corrected chi connectivity index (χ1v) is 9.60. The zero-order valence-corrected chi connectivity index (χ0v) is 16.0. The van der Waals surface area contributed by atoms with E-state index in [0.29, 0.717) is 19.0 Å². The highest BCUT2D eigenvalue weighted by Gasteiger charge is 2.27. The highest BCUT2D eigenvalue weighted by molar-refractivity contribution is 5.92. The van der Waals surface area contributed by atoms with E-state index < -0.39 is 0 Å². The molecule has 7 heteroatoms. The topological polar surface area (TPSA) is 75.9 Å². The minimum atomic E-state index is -0.0991. The number of nitrogens with one attached hydrogen (secondary N) is 1. The third kappa shape index (κ3) is 4.19. The molecule has 0 bridgehead atoms. The summed E-state index contributed by atoms with van der Waals surface area (Å²) in [7, 11) is 0. The van der Waals surface area contributed by atoms with Crippen LogP contribution in [-0.4, -0.2) is 38.7 Å². The van der Waals surface area contributed by atoms with E-state index in [9.17, 15) is 4.79 Å². The van der Waals surface area contributed by atoms with E-state index in [-0.39, 0.29) is 11.8 Å². The highest BCUT2D eigenvalue weighted by atomic mass is 16.2. The number of carbonyl (C=O) groups excluding carboxylic acids is 1. The molecule has 2 aromatic heterocycles. The van der Waals surface area contributed by atoms with E-state index in [1.54, 1.807) is 18.5 Å². The van der Waals surface area contributed by atoms with Gasteiger partial charge in [0.2, 0.25) is 11.9 Å². The first-order chi connectivity index (χ1) is 13.7. The molecule has 0 aliphatic carbocycles. The molecule has 144 valence electrons. The maximum absolute atomic E-state index is 12.9. The first-order valence-electron chi connectivity index (χ1n) is 9.60. The van der Waals surface area contributed by atoms with Gasteiger partial charge in [-0.3, -0.25) is 4.79 Å². The largest absolute Gasteiger partial charge is 0.340 e. The third-order valence-electron chi connectivity index (χ3n) is 4.96. The molecule has 1 aromatic carbocycles. The van der Waals surface area contributed by atoms with Gasteiger partial charge in [0.15, 0.2) is 0 Å². The highest BCUT2D eigenvalue weighted by Crippen LogP contribution is 2.22. The standard InChI is InChI=1S/C21H24N6O/c1-16-13-19(27(25-16)14-17-7-3-2-4-8-17)24-20(28)18-9-5-12-26(15-18)21-22-10-6-11-23-21/h2-4,6-8,10-11,13,18H,5,9,12,14-15H2,1H3,(H,24,28). The molecule has 1 atom stereocenters. The normalized spacial score (nSPS) is 16.8. The summed E-state index contributed by atoms with van der Waals surface area (Å²) >= 11 is 0. The number of amides is 1. The quantitative estimate of drug-likeness (QED) is 0.741. The van der Waals surface area contributed by atoms with Gasteiger partial charge in [-0.25, -0.2) is 14.6 Å². The lowest BCUT2D eigenvalue weighted by atomic mass is 9.97. The summed E-state index contributed by atoms with van der Waals surface area (Å²) in [5, 5.41) is 7.63. The molecule has 1 amide bonds. The summed E-state index contributed by atoms with van der Waals surface area (Å²) in [5.41, 5.74) is 2.03. The number of aryl methyl sites for hydroxylation is 1. The van der Waals surface area contributed by atoms with Gasteiger partial charge in [0.1, 0.15) is 5.82 Å². The van der Waals surface area contributed by atoms with Gasteiger partial charge in [0.05, 0.1) is 18.2 Å². The van der Waals surface area contributed by atoms with Crippen LogP contribution >= 0.6 is 0 Å². The van der Waals surface area contributed by atoms with Crippen molar-refractivity contribution in [1.82, 2.24) is 19.7 Å². The van der Waals surface area contributed by atoms with Crippen molar-refractivity contribution < 1.29 is 4.79 Å². The van der Waals surface area contributed by atoms with Crippen LogP contribution in [0.25, 0.3) is 0 Å². The van der Waals surface area contributed by atoms with Crippen molar-refractivity contribution >= 4 is 17.7 Å². The predicted molar refractivity (Wildman–Crippen MR) is 108 cm³/mol. The molecule has 3 heterocycles. The first kappa shape index (κ1) is 18.2. The van der Waals surface area contributed by atoms with Crippen molar-refractivity contribution in [3.8, 4) is 0 Å². The number of piperidine rings is 1. The van der Waals surface area contributed by atoms with E-state index in [1.807, 2.05) is 35.9 Å². The van der Waals surface area contributed by atoms with Gasteiger partial charge in [-0.05, 0) is 31.4 Å². The number of anilines is 2. The lowest BCUT2D eigenvalue weighted by Gasteiger charge is -2.31. The van der Waals surface area contributed by atoms with Crippen LogP contribution in [-0.2, 0) is 11.3 Å². The minimum Gasteiger partial charge on any atom is -0.340 e. The Labute approximate surface area is 164 Å². The van der Waals surface area contributed by atoms with Crippen molar-refractivity contribution in [2.45, 2.75) is 26.3 Å². The maximum atomic E-state index is 12.9. The molecular weight excluding hydrogens is 352 g/mol. The number of nitrogens with zero attached hydrogens (tertiary/aromatic N) is 5. The van der Waals surface area contributed by atoms with Crippen LogP contribution in [0, 0.1) is 12.8 Å². The fourth-order valence-electron chi connectivity index (χ4n) is 3.58. The maximum Gasteiger partial charge on any atom is 0.230 e. The van der Waals surface area contributed by atoms with Gasteiger partial charge < -0.3 is 10.2 Å². The molecule has 0 radical (unpaired) electrons. The summed E-state index contributed by atoms with van der Waals surface area (Å²) in [4.78, 5) is 23.6. The second kappa shape index (κ2) is 8.21. The van der Waals surface area contributed by atoms with Gasteiger partial charge in [-0.15, -0.1) is 0 Å². The second-order valence-electron chi connectivity index (χ2n) is 7.14. The molecule has 1 N–H and O–H groups in total. The molecule has 3 aromatic rings. The Hall–Kier alpha value is -3.22. The molecule has 7 nitrogen and oxygen atoms in total. The van der Waals surface area contributed by atoms with E-state index >= 15 is 0 Å². The van der Waals surface area contributed by atoms with Gasteiger partial charge in [-0.1, -0.05) is 30.3 Å². The van der Waals surface area contributed by atoms with Crippen LogP contribution in [0.15, 0.2) is 54.9 Å². The van der Waals surface area contributed by atoms with Crippen LogP contribution in [0.3, 0.4) is 0 Å². The second-order valence-corrected chi connectivity index (χ2v) is 7.14. The predicted octanol–water partition coefficient (Wildman–Crippen LogP) is 2.88. The van der Waals surface area contributed by atoms with Crippen LogP contribution in [0.5, 0.6) is 0 Å². The summed E-state index contributed by atoms with van der Waals surface area (Å²) in [6.45, 7) is 4.06. The molecule has 1 aliphatic rings. The Bertz CT molecular complexity index is 925. The molecule has 1 unspecified atom stereocenters. The Balaban J connectivity index is 1.45. The molecule has 1 fully saturated rings. The zero-order valence-electron chi connectivity index (χ0n) is 16.0.